The molecule has 0 radical (unpaired) electrons. The minimum atomic E-state index is -1.28. The highest BCUT2D eigenvalue weighted by Gasteiger charge is 2.34. The van der Waals surface area contributed by atoms with E-state index in [1.807, 2.05) is 0 Å². The van der Waals surface area contributed by atoms with E-state index < -0.39 is 8.80 Å². The summed E-state index contributed by atoms with van der Waals surface area (Å²) in [7, 11) is -1.28. The van der Waals surface area contributed by atoms with Gasteiger partial charge in [-0.15, -0.1) is 0 Å². The molecule has 0 fully saturated rings. The molecule has 2 atom stereocenters. The summed E-state index contributed by atoms with van der Waals surface area (Å²) in [5.41, 5.74) is 12.3. The molecule has 0 spiro atoms. The Bertz CT molecular complexity index is 1840. The summed E-state index contributed by atoms with van der Waals surface area (Å²) in [6, 6.07) is 44.8. The van der Waals surface area contributed by atoms with Gasteiger partial charge >= 0.3 is 0 Å². The van der Waals surface area contributed by atoms with Crippen molar-refractivity contribution in [2.75, 3.05) is 0 Å². The first-order valence-electron chi connectivity index (χ1n) is 14.4. The van der Waals surface area contributed by atoms with E-state index in [0.717, 1.165) is 0 Å². The van der Waals surface area contributed by atoms with E-state index >= 15 is 0 Å². The summed E-state index contributed by atoms with van der Waals surface area (Å²) in [6.07, 6.45) is 9.84. The largest absolute Gasteiger partial charge is 0.0794 e. The van der Waals surface area contributed by atoms with Crippen molar-refractivity contribution in [3.8, 4) is 22.3 Å². The lowest BCUT2D eigenvalue weighted by atomic mass is 9.93. The first kappa shape index (κ1) is 23.4. The van der Waals surface area contributed by atoms with E-state index in [2.05, 4.69) is 152 Å². The van der Waals surface area contributed by atoms with Crippen molar-refractivity contribution in [2.45, 2.75) is 17.6 Å². The molecule has 8 rings (SSSR count). The second-order valence-corrected chi connectivity index (χ2v) is 14.5. The van der Waals surface area contributed by atoms with Crippen LogP contribution in [0.4, 0.5) is 0 Å². The smallest absolute Gasteiger partial charge is 0.0592 e. The topological polar surface area (TPSA) is 0 Å². The van der Waals surface area contributed by atoms with E-state index in [9.17, 15) is 0 Å². The van der Waals surface area contributed by atoms with E-state index in [4.69, 9.17) is 0 Å². The van der Waals surface area contributed by atoms with Gasteiger partial charge in [-0.05, 0) is 77.1 Å². The summed E-state index contributed by atoms with van der Waals surface area (Å²) in [5.74, 6) is 0. The lowest BCUT2D eigenvalue weighted by Crippen LogP contribution is -2.25. The second kappa shape index (κ2) is 9.33. The van der Waals surface area contributed by atoms with Crippen LogP contribution in [0.15, 0.2) is 133 Å². The maximum Gasteiger partial charge on any atom is 0.0592 e. The van der Waals surface area contributed by atoms with Crippen LogP contribution in [-0.2, 0) is 0 Å². The minimum absolute atomic E-state index is 0.520. The van der Waals surface area contributed by atoms with Gasteiger partial charge in [0.15, 0.2) is 0 Å². The first-order valence-corrected chi connectivity index (χ1v) is 16.9. The van der Waals surface area contributed by atoms with Crippen molar-refractivity contribution < 1.29 is 0 Å². The van der Waals surface area contributed by atoms with Crippen LogP contribution in [0.1, 0.15) is 33.3 Å². The van der Waals surface area contributed by atoms with Gasteiger partial charge in [0.1, 0.15) is 0 Å². The Hall–Kier alpha value is -4.46. The van der Waals surface area contributed by atoms with E-state index in [0.29, 0.717) is 11.1 Å². The average molecular weight is 527 g/mol. The summed E-state index contributed by atoms with van der Waals surface area (Å²) in [6.45, 7) is 2.57. The van der Waals surface area contributed by atoms with Gasteiger partial charge in [-0.25, -0.2) is 0 Å². The van der Waals surface area contributed by atoms with Crippen LogP contribution in [0.2, 0.25) is 6.55 Å². The molecule has 2 aliphatic rings. The molecule has 0 nitrogen and oxygen atoms in total. The SMILES string of the molecule is C[SiH](C1C=Cc2c(-c3cccc4ccccc34)cccc21)C1C=Cc2c(-c3cccc4ccccc34)cccc21. The molecule has 6 aromatic carbocycles. The first-order chi connectivity index (χ1) is 19.8. The molecule has 6 aromatic rings. The number of fused-ring (bicyclic) bond motifs is 4. The van der Waals surface area contributed by atoms with Crippen molar-refractivity contribution in [1.29, 1.82) is 0 Å². The fourth-order valence-electron chi connectivity index (χ4n) is 7.26. The molecule has 0 saturated carbocycles. The summed E-state index contributed by atoms with van der Waals surface area (Å²) in [5, 5.41) is 5.26. The van der Waals surface area contributed by atoms with Crippen LogP contribution >= 0.6 is 0 Å². The molecule has 40 heavy (non-hydrogen) atoms. The van der Waals surface area contributed by atoms with Gasteiger partial charge in [-0.2, -0.15) is 0 Å². The van der Waals surface area contributed by atoms with Crippen molar-refractivity contribution in [1.82, 2.24) is 0 Å². The van der Waals surface area contributed by atoms with Gasteiger partial charge in [0.25, 0.3) is 0 Å². The highest BCUT2D eigenvalue weighted by Crippen LogP contribution is 2.46. The lowest BCUT2D eigenvalue weighted by molar-refractivity contribution is 1.09. The molecule has 0 amide bonds. The molecule has 0 aromatic heterocycles. The zero-order valence-electron chi connectivity index (χ0n) is 22.6. The maximum absolute atomic E-state index is 2.57. The van der Waals surface area contributed by atoms with Gasteiger partial charge in [0.2, 0.25) is 0 Å². The normalized spacial score (nSPS) is 17.8. The van der Waals surface area contributed by atoms with Gasteiger partial charge in [-0.1, -0.05) is 152 Å². The van der Waals surface area contributed by atoms with E-state index in [-0.39, 0.29) is 0 Å². The summed E-state index contributed by atoms with van der Waals surface area (Å²) >= 11 is 0. The Morgan fingerprint density at radius 2 is 0.825 bits per heavy atom. The Morgan fingerprint density at radius 1 is 0.425 bits per heavy atom. The zero-order valence-corrected chi connectivity index (χ0v) is 23.7. The molecule has 0 N–H and O–H groups in total. The highest BCUT2D eigenvalue weighted by molar-refractivity contribution is 6.62. The summed E-state index contributed by atoms with van der Waals surface area (Å²) < 4.78 is 0. The molecular formula is C39H30Si. The molecule has 2 aliphatic carbocycles. The van der Waals surface area contributed by atoms with Gasteiger partial charge in [0.05, 0.1) is 8.80 Å². The van der Waals surface area contributed by atoms with Crippen molar-refractivity contribution >= 4 is 42.5 Å². The number of benzene rings is 6. The number of hydrogen-bond donors (Lipinski definition) is 0. The third kappa shape index (κ3) is 3.58. The Labute approximate surface area is 237 Å². The third-order valence-electron chi connectivity index (χ3n) is 9.23. The van der Waals surface area contributed by atoms with Crippen molar-refractivity contribution in [2.24, 2.45) is 0 Å². The molecule has 190 valence electrons. The molecule has 1 heteroatoms. The number of allylic oxidation sites excluding steroid dienone is 2. The zero-order chi connectivity index (χ0) is 26.6. The van der Waals surface area contributed by atoms with Crippen LogP contribution in [0.5, 0.6) is 0 Å². The fraction of sp³-hybridized carbons (Fsp3) is 0.0769. The van der Waals surface area contributed by atoms with Crippen molar-refractivity contribution in [3.05, 3.63) is 156 Å². The standard InChI is InChI=1S/C39H30Si/c1-40(38-24-22-34-32(18-8-20-36(34)38)30-16-6-12-26-10-2-4-14-28(26)30)39-25-23-35-33(19-9-21-37(35)39)31-17-7-13-27-11-3-5-15-29(27)31/h2-25,38-40H,1H3. The van der Waals surface area contributed by atoms with Crippen LogP contribution in [0.25, 0.3) is 56.0 Å². The Kier molecular flexibility index (Phi) is 5.46. The lowest BCUT2D eigenvalue weighted by Gasteiger charge is -2.25. The Balaban J connectivity index is 1.17. The molecule has 0 bridgehead atoms. The monoisotopic (exact) mass is 526 g/mol. The Morgan fingerprint density at radius 3 is 1.32 bits per heavy atom. The highest BCUT2D eigenvalue weighted by atomic mass is 28.3. The molecule has 0 heterocycles. The van der Waals surface area contributed by atoms with Crippen LogP contribution < -0.4 is 0 Å². The van der Waals surface area contributed by atoms with Crippen LogP contribution in [0, 0.1) is 0 Å². The quantitative estimate of drug-likeness (QED) is 0.200. The van der Waals surface area contributed by atoms with E-state index in [1.165, 1.54) is 66.1 Å². The second-order valence-electron chi connectivity index (χ2n) is 11.3. The predicted octanol–water partition coefficient (Wildman–Crippen LogP) is 10.2. The number of rotatable bonds is 4. The maximum atomic E-state index is 2.57. The van der Waals surface area contributed by atoms with Gasteiger partial charge < -0.3 is 0 Å². The summed E-state index contributed by atoms with van der Waals surface area (Å²) in [4.78, 5) is 0. The molecular weight excluding hydrogens is 497 g/mol. The van der Waals surface area contributed by atoms with Crippen LogP contribution in [0.3, 0.4) is 0 Å². The van der Waals surface area contributed by atoms with E-state index in [1.54, 1.807) is 0 Å². The predicted molar refractivity (Wildman–Crippen MR) is 175 cm³/mol. The molecule has 0 aliphatic heterocycles. The van der Waals surface area contributed by atoms with Crippen molar-refractivity contribution in [3.63, 3.8) is 0 Å². The minimum Gasteiger partial charge on any atom is -0.0794 e. The number of hydrogen-bond acceptors (Lipinski definition) is 0. The molecule has 2 unspecified atom stereocenters. The molecule has 0 saturated heterocycles. The average Bonchev–Trinajstić information content (AvgIpc) is 3.65. The third-order valence-corrected chi connectivity index (χ3v) is 12.7. The fourth-order valence-corrected chi connectivity index (χ4v) is 10.3. The van der Waals surface area contributed by atoms with Crippen LogP contribution in [-0.4, -0.2) is 8.80 Å². The van der Waals surface area contributed by atoms with Gasteiger partial charge in [0, 0.05) is 0 Å². The van der Waals surface area contributed by atoms with Gasteiger partial charge in [-0.3, -0.25) is 0 Å².